The molecule has 96 valence electrons. The Labute approximate surface area is 101 Å². The fourth-order valence-electron chi connectivity index (χ4n) is 1.62. The molecule has 1 amide bonds. The summed E-state index contributed by atoms with van der Waals surface area (Å²) in [5.74, 6) is 0.191. The SMILES string of the molecule is CCCCCCCNC(C)C(=O)N(C)CC. The second-order valence-corrected chi connectivity index (χ2v) is 4.44. The quantitative estimate of drug-likeness (QED) is 0.615. The van der Waals surface area contributed by atoms with Crippen LogP contribution in [0.3, 0.4) is 0 Å². The van der Waals surface area contributed by atoms with E-state index in [-0.39, 0.29) is 11.9 Å². The van der Waals surface area contributed by atoms with E-state index in [4.69, 9.17) is 0 Å². The van der Waals surface area contributed by atoms with Gasteiger partial charge in [-0.3, -0.25) is 4.79 Å². The molecule has 0 aliphatic carbocycles. The van der Waals surface area contributed by atoms with Gasteiger partial charge in [0.2, 0.25) is 5.91 Å². The predicted octanol–water partition coefficient (Wildman–Crippen LogP) is 2.41. The van der Waals surface area contributed by atoms with Crippen molar-refractivity contribution in [3.05, 3.63) is 0 Å². The summed E-state index contributed by atoms with van der Waals surface area (Å²) >= 11 is 0. The van der Waals surface area contributed by atoms with Crippen molar-refractivity contribution in [3.8, 4) is 0 Å². The highest BCUT2D eigenvalue weighted by Gasteiger charge is 2.14. The first-order valence-corrected chi connectivity index (χ1v) is 6.61. The van der Waals surface area contributed by atoms with Crippen molar-refractivity contribution in [1.29, 1.82) is 0 Å². The third-order valence-corrected chi connectivity index (χ3v) is 2.95. The number of unbranched alkanes of at least 4 members (excludes halogenated alkanes) is 4. The molecule has 0 bridgehead atoms. The van der Waals surface area contributed by atoms with Gasteiger partial charge in [-0.15, -0.1) is 0 Å². The third-order valence-electron chi connectivity index (χ3n) is 2.95. The summed E-state index contributed by atoms with van der Waals surface area (Å²) in [6, 6.07) is -0.0453. The minimum absolute atomic E-state index is 0.0453. The lowest BCUT2D eigenvalue weighted by Crippen LogP contribution is -2.43. The van der Waals surface area contributed by atoms with Crippen molar-refractivity contribution in [3.63, 3.8) is 0 Å². The maximum atomic E-state index is 11.7. The first kappa shape index (κ1) is 15.4. The minimum Gasteiger partial charge on any atom is -0.345 e. The summed E-state index contributed by atoms with van der Waals surface area (Å²) in [5.41, 5.74) is 0. The molecule has 0 aromatic rings. The highest BCUT2D eigenvalue weighted by atomic mass is 16.2. The van der Waals surface area contributed by atoms with Gasteiger partial charge in [0.15, 0.2) is 0 Å². The van der Waals surface area contributed by atoms with Gasteiger partial charge >= 0.3 is 0 Å². The van der Waals surface area contributed by atoms with Crippen LogP contribution in [0.4, 0.5) is 0 Å². The van der Waals surface area contributed by atoms with Crippen LogP contribution in [0.2, 0.25) is 0 Å². The topological polar surface area (TPSA) is 32.3 Å². The minimum atomic E-state index is -0.0453. The zero-order valence-electron chi connectivity index (χ0n) is 11.4. The van der Waals surface area contributed by atoms with Crippen molar-refractivity contribution >= 4 is 5.91 Å². The molecule has 0 aliphatic rings. The van der Waals surface area contributed by atoms with E-state index in [1.165, 1.54) is 32.1 Å². The number of rotatable bonds is 9. The molecule has 0 fully saturated rings. The molecule has 0 aromatic carbocycles. The van der Waals surface area contributed by atoms with Crippen LogP contribution in [0.25, 0.3) is 0 Å². The third kappa shape index (κ3) is 6.83. The molecule has 0 spiro atoms. The molecular formula is C13H28N2O. The summed E-state index contributed by atoms with van der Waals surface area (Å²) < 4.78 is 0. The van der Waals surface area contributed by atoms with Crippen LogP contribution in [0.5, 0.6) is 0 Å². The maximum absolute atomic E-state index is 11.7. The molecule has 0 heterocycles. The van der Waals surface area contributed by atoms with Crippen LogP contribution in [-0.2, 0) is 4.79 Å². The summed E-state index contributed by atoms with van der Waals surface area (Å²) in [5, 5.41) is 3.28. The Bertz CT molecular complexity index is 183. The molecular weight excluding hydrogens is 200 g/mol. The maximum Gasteiger partial charge on any atom is 0.239 e. The van der Waals surface area contributed by atoms with Crippen LogP contribution in [-0.4, -0.2) is 37.0 Å². The zero-order valence-corrected chi connectivity index (χ0v) is 11.4. The number of amides is 1. The number of nitrogens with zero attached hydrogens (tertiary/aromatic N) is 1. The first-order valence-electron chi connectivity index (χ1n) is 6.61. The standard InChI is InChI=1S/C13H28N2O/c1-5-7-8-9-10-11-14-12(3)13(16)15(4)6-2/h12,14H,5-11H2,1-4H3. The second kappa shape index (κ2) is 9.64. The average Bonchev–Trinajstić information content (AvgIpc) is 2.31. The highest BCUT2D eigenvalue weighted by Crippen LogP contribution is 2.01. The van der Waals surface area contributed by atoms with Crippen molar-refractivity contribution in [1.82, 2.24) is 10.2 Å². The van der Waals surface area contributed by atoms with E-state index in [0.717, 1.165) is 13.1 Å². The van der Waals surface area contributed by atoms with E-state index in [1.54, 1.807) is 4.90 Å². The van der Waals surface area contributed by atoms with E-state index in [1.807, 2.05) is 20.9 Å². The number of carbonyl (C=O) groups excluding carboxylic acids is 1. The van der Waals surface area contributed by atoms with Crippen LogP contribution in [0.1, 0.15) is 52.9 Å². The Morgan fingerprint density at radius 2 is 1.81 bits per heavy atom. The van der Waals surface area contributed by atoms with Crippen molar-refractivity contribution < 1.29 is 4.79 Å². The number of hydrogen-bond acceptors (Lipinski definition) is 2. The van der Waals surface area contributed by atoms with Gasteiger partial charge in [-0.05, 0) is 26.8 Å². The summed E-state index contributed by atoms with van der Waals surface area (Å²) in [4.78, 5) is 13.5. The van der Waals surface area contributed by atoms with Gasteiger partial charge in [0.1, 0.15) is 0 Å². The van der Waals surface area contributed by atoms with Crippen LogP contribution in [0, 0.1) is 0 Å². The Kier molecular flexibility index (Phi) is 9.30. The average molecular weight is 228 g/mol. The molecule has 1 atom stereocenters. The summed E-state index contributed by atoms with van der Waals surface area (Å²) in [6.07, 6.45) is 6.37. The van der Waals surface area contributed by atoms with Crippen molar-refractivity contribution in [2.45, 2.75) is 58.9 Å². The molecule has 0 saturated heterocycles. The largest absolute Gasteiger partial charge is 0.345 e. The fraction of sp³-hybridized carbons (Fsp3) is 0.923. The van der Waals surface area contributed by atoms with E-state index < -0.39 is 0 Å². The highest BCUT2D eigenvalue weighted by molar-refractivity contribution is 5.81. The number of likely N-dealkylation sites (N-methyl/N-ethyl adjacent to an activating group) is 1. The Balaban J connectivity index is 3.50. The van der Waals surface area contributed by atoms with Gasteiger partial charge in [0.25, 0.3) is 0 Å². The lowest BCUT2D eigenvalue weighted by atomic mass is 10.1. The van der Waals surface area contributed by atoms with Crippen LogP contribution < -0.4 is 5.32 Å². The Morgan fingerprint density at radius 3 is 2.38 bits per heavy atom. The van der Waals surface area contributed by atoms with Crippen LogP contribution >= 0.6 is 0 Å². The summed E-state index contributed by atoms with van der Waals surface area (Å²) in [7, 11) is 1.85. The van der Waals surface area contributed by atoms with Gasteiger partial charge in [0.05, 0.1) is 6.04 Å². The van der Waals surface area contributed by atoms with Gasteiger partial charge in [-0.25, -0.2) is 0 Å². The Hall–Kier alpha value is -0.570. The van der Waals surface area contributed by atoms with Crippen LogP contribution in [0.15, 0.2) is 0 Å². The van der Waals surface area contributed by atoms with Crippen molar-refractivity contribution in [2.24, 2.45) is 0 Å². The van der Waals surface area contributed by atoms with Gasteiger partial charge in [-0.1, -0.05) is 32.6 Å². The number of hydrogen-bond donors (Lipinski definition) is 1. The molecule has 1 unspecified atom stereocenters. The van der Waals surface area contributed by atoms with E-state index >= 15 is 0 Å². The van der Waals surface area contributed by atoms with E-state index in [9.17, 15) is 4.79 Å². The molecule has 0 radical (unpaired) electrons. The van der Waals surface area contributed by atoms with Gasteiger partial charge in [0, 0.05) is 13.6 Å². The van der Waals surface area contributed by atoms with E-state index in [0.29, 0.717) is 0 Å². The second-order valence-electron chi connectivity index (χ2n) is 4.44. The van der Waals surface area contributed by atoms with E-state index in [2.05, 4.69) is 12.2 Å². The van der Waals surface area contributed by atoms with Crippen molar-refractivity contribution in [2.75, 3.05) is 20.1 Å². The molecule has 1 N–H and O–H groups in total. The van der Waals surface area contributed by atoms with Gasteiger partial charge in [-0.2, -0.15) is 0 Å². The molecule has 0 saturated carbocycles. The molecule has 16 heavy (non-hydrogen) atoms. The normalized spacial score (nSPS) is 12.5. The molecule has 0 rings (SSSR count). The fourth-order valence-corrected chi connectivity index (χ4v) is 1.62. The predicted molar refractivity (Wildman–Crippen MR) is 69.5 cm³/mol. The number of nitrogens with one attached hydrogen (secondary N) is 1. The number of carbonyl (C=O) groups is 1. The lowest BCUT2D eigenvalue weighted by Gasteiger charge is -2.20. The Morgan fingerprint density at radius 1 is 1.19 bits per heavy atom. The lowest BCUT2D eigenvalue weighted by molar-refractivity contribution is -0.131. The molecule has 0 aromatic heterocycles. The molecule has 3 nitrogen and oxygen atoms in total. The smallest absolute Gasteiger partial charge is 0.239 e. The van der Waals surface area contributed by atoms with Gasteiger partial charge < -0.3 is 10.2 Å². The molecule has 3 heteroatoms. The molecule has 0 aliphatic heterocycles. The first-order chi connectivity index (χ1) is 7.63. The summed E-state index contributed by atoms with van der Waals surface area (Å²) in [6.45, 7) is 7.89. The monoisotopic (exact) mass is 228 g/mol. The zero-order chi connectivity index (χ0) is 12.4.